The Balaban J connectivity index is 1.82. The Morgan fingerprint density at radius 1 is 1.50 bits per heavy atom. The highest BCUT2D eigenvalue weighted by Crippen LogP contribution is 2.15. The van der Waals surface area contributed by atoms with Crippen molar-refractivity contribution in [2.45, 2.75) is 32.2 Å². The van der Waals surface area contributed by atoms with Crippen LogP contribution in [0.1, 0.15) is 35.8 Å². The zero-order chi connectivity index (χ0) is 15.4. The molecule has 3 rings (SSSR count). The minimum Gasteiger partial charge on any atom is -0.348 e. The van der Waals surface area contributed by atoms with Gasteiger partial charge in [-0.1, -0.05) is 13.0 Å². The molecule has 0 radical (unpaired) electrons. The van der Waals surface area contributed by atoms with Gasteiger partial charge in [0.1, 0.15) is 0 Å². The van der Waals surface area contributed by atoms with Crippen molar-refractivity contribution >= 4 is 5.91 Å². The van der Waals surface area contributed by atoms with E-state index in [1.54, 1.807) is 17.1 Å². The molecule has 1 saturated heterocycles. The molecule has 6 heteroatoms. The number of aromatic nitrogens is 3. The molecular weight excluding hydrogens is 278 g/mol. The number of amides is 1. The van der Waals surface area contributed by atoms with Crippen LogP contribution < -0.4 is 10.6 Å². The first-order valence-corrected chi connectivity index (χ1v) is 7.79. The van der Waals surface area contributed by atoms with Gasteiger partial charge in [0.25, 0.3) is 5.91 Å². The quantitative estimate of drug-likeness (QED) is 0.893. The Labute approximate surface area is 129 Å². The molecule has 1 atom stereocenters. The minimum atomic E-state index is -0.0484. The molecule has 2 N–H and O–H groups in total. The summed E-state index contributed by atoms with van der Waals surface area (Å²) in [6, 6.07) is 5.86. The van der Waals surface area contributed by atoms with Gasteiger partial charge in [-0.05, 0) is 37.9 Å². The molecule has 116 valence electrons. The summed E-state index contributed by atoms with van der Waals surface area (Å²) in [4.78, 5) is 16.8. The third kappa shape index (κ3) is 3.01. The molecule has 0 spiro atoms. The van der Waals surface area contributed by atoms with E-state index in [0.29, 0.717) is 5.56 Å². The number of nitrogens with zero attached hydrogens (tertiary/aromatic N) is 3. The molecule has 22 heavy (non-hydrogen) atoms. The van der Waals surface area contributed by atoms with Crippen molar-refractivity contribution in [3.63, 3.8) is 0 Å². The van der Waals surface area contributed by atoms with Crippen LogP contribution in [-0.4, -0.2) is 39.8 Å². The minimum absolute atomic E-state index is 0.0484. The number of pyridine rings is 1. The summed E-state index contributed by atoms with van der Waals surface area (Å²) in [6.45, 7) is 3.89. The number of piperidine rings is 1. The third-order valence-electron chi connectivity index (χ3n) is 3.95. The number of hydrogen-bond donors (Lipinski definition) is 2. The summed E-state index contributed by atoms with van der Waals surface area (Å²) in [5.41, 5.74) is 1.53. The standard InChI is InChI=1S/C16H21N5O/c1-2-14-13(16(22)20-12-6-5-8-17-10-12)11-19-21(14)15-7-3-4-9-18-15/h3-4,7,9,11-12,17H,2,5-6,8,10H2,1H3,(H,20,22). The second kappa shape index (κ2) is 6.70. The molecule has 1 fully saturated rings. The van der Waals surface area contributed by atoms with Crippen molar-refractivity contribution in [1.29, 1.82) is 0 Å². The van der Waals surface area contributed by atoms with E-state index in [1.165, 1.54) is 0 Å². The number of hydrogen-bond acceptors (Lipinski definition) is 4. The van der Waals surface area contributed by atoms with E-state index in [9.17, 15) is 4.79 Å². The van der Waals surface area contributed by atoms with Gasteiger partial charge >= 0.3 is 0 Å². The number of carbonyl (C=O) groups is 1. The van der Waals surface area contributed by atoms with Gasteiger partial charge in [-0.25, -0.2) is 9.67 Å². The first kappa shape index (κ1) is 14.7. The Bertz CT molecular complexity index is 631. The van der Waals surface area contributed by atoms with E-state index in [2.05, 4.69) is 20.7 Å². The van der Waals surface area contributed by atoms with Crippen LogP contribution in [0.3, 0.4) is 0 Å². The molecule has 1 aliphatic rings. The topological polar surface area (TPSA) is 71.8 Å². The van der Waals surface area contributed by atoms with Crippen LogP contribution in [0.4, 0.5) is 0 Å². The summed E-state index contributed by atoms with van der Waals surface area (Å²) in [5, 5.41) is 10.8. The Hall–Kier alpha value is -2.21. The highest BCUT2D eigenvalue weighted by Gasteiger charge is 2.21. The number of carbonyl (C=O) groups excluding carboxylic acids is 1. The monoisotopic (exact) mass is 299 g/mol. The average Bonchev–Trinajstić information content (AvgIpc) is 3.00. The highest BCUT2D eigenvalue weighted by atomic mass is 16.1. The normalized spacial score (nSPS) is 18.1. The first-order valence-electron chi connectivity index (χ1n) is 7.79. The Morgan fingerprint density at radius 2 is 2.41 bits per heavy atom. The van der Waals surface area contributed by atoms with Gasteiger partial charge in [-0.15, -0.1) is 0 Å². The van der Waals surface area contributed by atoms with Crippen molar-refractivity contribution < 1.29 is 4.79 Å². The van der Waals surface area contributed by atoms with Crippen LogP contribution in [0, 0.1) is 0 Å². The molecular formula is C16H21N5O. The molecule has 6 nitrogen and oxygen atoms in total. The summed E-state index contributed by atoms with van der Waals surface area (Å²) in [7, 11) is 0. The fourth-order valence-electron chi connectivity index (χ4n) is 2.82. The van der Waals surface area contributed by atoms with Crippen LogP contribution in [0.5, 0.6) is 0 Å². The second-order valence-corrected chi connectivity index (χ2v) is 5.47. The van der Waals surface area contributed by atoms with Crippen LogP contribution in [0.15, 0.2) is 30.6 Å². The lowest BCUT2D eigenvalue weighted by Crippen LogP contribution is -2.45. The predicted octanol–water partition coefficient (Wildman–Crippen LogP) is 1.31. The SMILES string of the molecule is CCc1c(C(=O)NC2CCCNC2)cnn1-c1ccccn1. The van der Waals surface area contributed by atoms with E-state index in [4.69, 9.17) is 0 Å². The van der Waals surface area contributed by atoms with Crippen LogP contribution in [0.2, 0.25) is 0 Å². The van der Waals surface area contributed by atoms with E-state index < -0.39 is 0 Å². The molecule has 3 heterocycles. The van der Waals surface area contributed by atoms with Crippen molar-refractivity contribution in [3.8, 4) is 5.82 Å². The summed E-state index contributed by atoms with van der Waals surface area (Å²) in [6.07, 6.45) is 6.21. The van der Waals surface area contributed by atoms with Crippen molar-refractivity contribution in [2.75, 3.05) is 13.1 Å². The summed E-state index contributed by atoms with van der Waals surface area (Å²) < 4.78 is 1.74. The largest absolute Gasteiger partial charge is 0.348 e. The van der Waals surface area contributed by atoms with Crippen LogP contribution in [-0.2, 0) is 6.42 Å². The zero-order valence-electron chi connectivity index (χ0n) is 12.7. The summed E-state index contributed by atoms with van der Waals surface area (Å²) in [5.74, 6) is 0.686. The van der Waals surface area contributed by atoms with E-state index in [1.807, 2.05) is 25.1 Å². The van der Waals surface area contributed by atoms with Gasteiger partial charge in [0, 0.05) is 18.8 Å². The zero-order valence-corrected chi connectivity index (χ0v) is 12.7. The maximum absolute atomic E-state index is 12.5. The molecule has 0 saturated carbocycles. The van der Waals surface area contributed by atoms with E-state index >= 15 is 0 Å². The lowest BCUT2D eigenvalue weighted by atomic mass is 10.1. The fraction of sp³-hybridized carbons (Fsp3) is 0.438. The lowest BCUT2D eigenvalue weighted by Gasteiger charge is -2.23. The molecule has 0 aliphatic carbocycles. The average molecular weight is 299 g/mol. The van der Waals surface area contributed by atoms with Crippen molar-refractivity contribution in [1.82, 2.24) is 25.4 Å². The van der Waals surface area contributed by atoms with Gasteiger partial charge in [-0.3, -0.25) is 4.79 Å². The number of nitrogens with one attached hydrogen (secondary N) is 2. The summed E-state index contributed by atoms with van der Waals surface area (Å²) >= 11 is 0. The second-order valence-electron chi connectivity index (χ2n) is 5.47. The van der Waals surface area contributed by atoms with Gasteiger partial charge in [0.15, 0.2) is 5.82 Å². The molecule has 2 aromatic heterocycles. The Morgan fingerprint density at radius 3 is 3.09 bits per heavy atom. The van der Waals surface area contributed by atoms with Gasteiger partial charge < -0.3 is 10.6 Å². The smallest absolute Gasteiger partial charge is 0.255 e. The van der Waals surface area contributed by atoms with Gasteiger partial charge in [0.2, 0.25) is 0 Å². The molecule has 0 bridgehead atoms. The number of rotatable bonds is 4. The lowest BCUT2D eigenvalue weighted by molar-refractivity contribution is 0.0929. The maximum Gasteiger partial charge on any atom is 0.255 e. The predicted molar refractivity (Wildman–Crippen MR) is 84.1 cm³/mol. The molecule has 1 unspecified atom stereocenters. The van der Waals surface area contributed by atoms with E-state index in [0.717, 1.165) is 43.9 Å². The van der Waals surface area contributed by atoms with Crippen molar-refractivity contribution in [3.05, 3.63) is 41.9 Å². The van der Waals surface area contributed by atoms with Gasteiger partial charge in [0.05, 0.1) is 17.5 Å². The fourth-order valence-corrected chi connectivity index (χ4v) is 2.82. The van der Waals surface area contributed by atoms with Gasteiger partial charge in [-0.2, -0.15) is 5.10 Å². The molecule has 2 aromatic rings. The Kier molecular flexibility index (Phi) is 4.48. The molecule has 0 aromatic carbocycles. The first-order chi connectivity index (χ1) is 10.8. The molecule has 1 amide bonds. The van der Waals surface area contributed by atoms with Crippen molar-refractivity contribution in [2.24, 2.45) is 0 Å². The highest BCUT2D eigenvalue weighted by molar-refractivity contribution is 5.95. The van der Waals surface area contributed by atoms with E-state index in [-0.39, 0.29) is 11.9 Å². The third-order valence-corrected chi connectivity index (χ3v) is 3.95. The van der Waals surface area contributed by atoms with Crippen LogP contribution in [0.25, 0.3) is 5.82 Å². The van der Waals surface area contributed by atoms with Crippen LogP contribution >= 0.6 is 0 Å². The molecule has 1 aliphatic heterocycles. The maximum atomic E-state index is 12.5.